The topological polar surface area (TPSA) is 29.5 Å². The van der Waals surface area contributed by atoms with E-state index in [1.165, 1.54) is 5.06 Å². The van der Waals surface area contributed by atoms with Gasteiger partial charge in [0.15, 0.2) is 0 Å². The van der Waals surface area contributed by atoms with Crippen molar-refractivity contribution in [3.8, 4) is 0 Å². The minimum absolute atomic E-state index is 0.378. The zero-order valence-corrected chi connectivity index (χ0v) is 8.95. The van der Waals surface area contributed by atoms with Crippen molar-refractivity contribution in [2.24, 2.45) is 0 Å². The van der Waals surface area contributed by atoms with E-state index in [1.807, 2.05) is 0 Å². The quantitative estimate of drug-likeness (QED) is 0.347. The second kappa shape index (κ2) is 7.76. The molecular formula is C12H17NO2. The molecule has 0 aliphatic carbocycles. The van der Waals surface area contributed by atoms with Crippen molar-refractivity contribution in [2.75, 3.05) is 13.1 Å². The van der Waals surface area contributed by atoms with Gasteiger partial charge in [-0.05, 0) is 6.42 Å². The molecule has 0 amide bonds. The van der Waals surface area contributed by atoms with Crippen LogP contribution in [0.5, 0.6) is 0 Å². The van der Waals surface area contributed by atoms with Crippen LogP contribution in [0.3, 0.4) is 0 Å². The van der Waals surface area contributed by atoms with Crippen LogP contribution >= 0.6 is 0 Å². The van der Waals surface area contributed by atoms with Crippen LogP contribution < -0.4 is 0 Å². The molecule has 0 saturated heterocycles. The Bertz CT molecular complexity index is 259. The smallest absolute Gasteiger partial charge is 0.352 e. The number of allylic oxidation sites excluding steroid dienone is 1. The first-order valence-electron chi connectivity index (χ1n) is 4.63. The Morgan fingerprint density at radius 2 is 1.67 bits per heavy atom. The standard InChI is InChI=1S/C12H17NO2/c1-5-8-11(4)12(14)15-13(9-6-2)10-7-3/h5-7H,1-4,8-10H2. The Morgan fingerprint density at radius 3 is 2.07 bits per heavy atom. The molecule has 0 aromatic rings. The van der Waals surface area contributed by atoms with Crippen LogP contribution in [0.2, 0.25) is 0 Å². The van der Waals surface area contributed by atoms with E-state index in [-0.39, 0.29) is 0 Å². The largest absolute Gasteiger partial charge is 0.364 e. The highest BCUT2D eigenvalue weighted by Gasteiger charge is 2.11. The van der Waals surface area contributed by atoms with Gasteiger partial charge in [0.1, 0.15) is 0 Å². The van der Waals surface area contributed by atoms with Gasteiger partial charge in [-0.3, -0.25) is 0 Å². The summed E-state index contributed by atoms with van der Waals surface area (Å²) in [7, 11) is 0. The Balaban J connectivity index is 4.19. The lowest BCUT2D eigenvalue weighted by molar-refractivity contribution is -0.180. The summed E-state index contributed by atoms with van der Waals surface area (Å²) in [6.07, 6.45) is 5.32. The predicted octanol–water partition coefficient (Wildman–Crippen LogP) is 2.25. The van der Waals surface area contributed by atoms with Crippen molar-refractivity contribution in [2.45, 2.75) is 6.42 Å². The van der Waals surface area contributed by atoms with Crippen molar-refractivity contribution in [3.05, 3.63) is 50.1 Å². The van der Waals surface area contributed by atoms with Gasteiger partial charge in [0, 0.05) is 5.57 Å². The average molecular weight is 207 g/mol. The van der Waals surface area contributed by atoms with Gasteiger partial charge in [0.2, 0.25) is 0 Å². The third-order valence-corrected chi connectivity index (χ3v) is 1.56. The van der Waals surface area contributed by atoms with E-state index in [4.69, 9.17) is 4.84 Å². The molecule has 0 aliphatic rings. The molecule has 0 N–H and O–H groups in total. The number of rotatable bonds is 8. The third kappa shape index (κ3) is 5.65. The van der Waals surface area contributed by atoms with Crippen LogP contribution in [-0.2, 0) is 9.63 Å². The molecule has 0 spiro atoms. The fraction of sp³-hybridized carbons (Fsp3) is 0.250. The molecule has 82 valence electrons. The van der Waals surface area contributed by atoms with Gasteiger partial charge < -0.3 is 4.84 Å². The summed E-state index contributed by atoms with van der Waals surface area (Å²) in [6, 6.07) is 0. The molecule has 0 radical (unpaired) electrons. The van der Waals surface area contributed by atoms with Gasteiger partial charge in [-0.25, -0.2) is 4.79 Å². The summed E-state index contributed by atoms with van der Waals surface area (Å²) in [5.41, 5.74) is 0.378. The Kier molecular flexibility index (Phi) is 6.93. The molecule has 0 heterocycles. The molecule has 0 fully saturated rings. The predicted molar refractivity (Wildman–Crippen MR) is 62.0 cm³/mol. The molecular weight excluding hydrogens is 190 g/mol. The van der Waals surface area contributed by atoms with E-state index >= 15 is 0 Å². The minimum atomic E-state index is -0.446. The highest BCUT2D eigenvalue weighted by Crippen LogP contribution is 2.03. The summed E-state index contributed by atoms with van der Waals surface area (Å²) in [5.74, 6) is -0.446. The molecule has 3 heteroatoms. The third-order valence-electron chi connectivity index (χ3n) is 1.56. The van der Waals surface area contributed by atoms with Gasteiger partial charge in [-0.2, -0.15) is 0 Å². The van der Waals surface area contributed by atoms with Gasteiger partial charge >= 0.3 is 5.97 Å². The zero-order chi connectivity index (χ0) is 11.7. The molecule has 0 unspecified atom stereocenters. The van der Waals surface area contributed by atoms with Crippen molar-refractivity contribution < 1.29 is 9.63 Å². The highest BCUT2D eigenvalue weighted by molar-refractivity contribution is 5.87. The molecule has 0 atom stereocenters. The molecule has 0 bridgehead atoms. The molecule has 0 aromatic carbocycles. The molecule has 15 heavy (non-hydrogen) atoms. The summed E-state index contributed by atoms with van der Waals surface area (Å²) in [5, 5.41) is 1.45. The number of hydrogen-bond donors (Lipinski definition) is 0. The van der Waals surface area contributed by atoms with Crippen LogP contribution in [-0.4, -0.2) is 24.1 Å². The lowest BCUT2D eigenvalue weighted by Crippen LogP contribution is -2.28. The number of carbonyl (C=O) groups excluding carboxylic acids is 1. The monoisotopic (exact) mass is 207 g/mol. The summed E-state index contributed by atoms with van der Waals surface area (Å²) in [6.45, 7) is 15.2. The van der Waals surface area contributed by atoms with Crippen molar-refractivity contribution in [1.29, 1.82) is 0 Å². The lowest BCUT2D eigenvalue weighted by atomic mass is 10.2. The fourth-order valence-electron chi connectivity index (χ4n) is 0.876. The summed E-state index contributed by atoms with van der Waals surface area (Å²) >= 11 is 0. The first-order valence-corrected chi connectivity index (χ1v) is 4.63. The maximum Gasteiger partial charge on any atom is 0.352 e. The van der Waals surface area contributed by atoms with E-state index in [1.54, 1.807) is 18.2 Å². The first-order chi connectivity index (χ1) is 7.15. The fourth-order valence-corrected chi connectivity index (χ4v) is 0.876. The minimum Gasteiger partial charge on any atom is -0.364 e. The maximum atomic E-state index is 11.4. The lowest BCUT2D eigenvalue weighted by Gasteiger charge is -2.17. The van der Waals surface area contributed by atoms with Crippen molar-refractivity contribution in [1.82, 2.24) is 5.06 Å². The molecule has 3 nitrogen and oxygen atoms in total. The van der Waals surface area contributed by atoms with E-state index in [0.29, 0.717) is 25.1 Å². The Hall–Kier alpha value is -1.61. The van der Waals surface area contributed by atoms with E-state index in [9.17, 15) is 4.79 Å². The van der Waals surface area contributed by atoms with Gasteiger partial charge in [-0.1, -0.05) is 24.8 Å². The molecule has 0 saturated carbocycles. The first kappa shape index (κ1) is 13.4. The van der Waals surface area contributed by atoms with Crippen LogP contribution in [0.4, 0.5) is 0 Å². The molecule has 0 aliphatic heterocycles. The molecule has 0 aromatic heterocycles. The number of carbonyl (C=O) groups is 1. The highest BCUT2D eigenvalue weighted by atomic mass is 16.7. The number of hydrogen-bond acceptors (Lipinski definition) is 3. The second-order valence-corrected chi connectivity index (χ2v) is 2.90. The second-order valence-electron chi connectivity index (χ2n) is 2.90. The summed E-state index contributed by atoms with van der Waals surface area (Å²) < 4.78 is 0. The van der Waals surface area contributed by atoms with E-state index in [0.717, 1.165) is 0 Å². The zero-order valence-electron chi connectivity index (χ0n) is 8.95. The maximum absolute atomic E-state index is 11.4. The van der Waals surface area contributed by atoms with Crippen LogP contribution in [0.25, 0.3) is 0 Å². The van der Waals surface area contributed by atoms with E-state index in [2.05, 4.69) is 26.3 Å². The Morgan fingerprint density at radius 1 is 1.13 bits per heavy atom. The van der Waals surface area contributed by atoms with Crippen molar-refractivity contribution >= 4 is 5.97 Å². The Labute approximate surface area is 91.0 Å². The van der Waals surface area contributed by atoms with Gasteiger partial charge in [0.25, 0.3) is 0 Å². The summed E-state index contributed by atoms with van der Waals surface area (Å²) in [4.78, 5) is 16.5. The van der Waals surface area contributed by atoms with E-state index < -0.39 is 5.97 Å². The molecule has 0 rings (SSSR count). The van der Waals surface area contributed by atoms with Crippen LogP contribution in [0.1, 0.15) is 6.42 Å². The van der Waals surface area contributed by atoms with Crippen LogP contribution in [0.15, 0.2) is 50.1 Å². The number of nitrogens with zero attached hydrogens (tertiary/aromatic N) is 1. The normalized spacial score (nSPS) is 9.40. The SMILES string of the molecule is C=CCC(=C)C(=O)ON(CC=C)CC=C. The van der Waals surface area contributed by atoms with Gasteiger partial charge in [-0.15, -0.1) is 24.8 Å². The number of hydroxylamine groups is 2. The van der Waals surface area contributed by atoms with Crippen LogP contribution in [0, 0.1) is 0 Å². The van der Waals surface area contributed by atoms with Crippen molar-refractivity contribution in [3.63, 3.8) is 0 Å². The van der Waals surface area contributed by atoms with Gasteiger partial charge in [0.05, 0.1) is 13.1 Å². The average Bonchev–Trinajstić information content (AvgIpc) is 2.18.